The minimum atomic E-state index is -0.940. The lowest BCUT2D eigenvalue weighted by Crippen LogP contribution is -2.32. The minimum absolute atomic E-state index is 0.395. The molecule has 1 saturated carbocycles. The van der Waals surface area contributed by atoms with Crippen molar-refractivity contribution in [2.45, 2.75) is 64.8 Å². The van der Waals surface area contributed by atoms with E-state index in [0.717, 1.165) is 11.5 Å². The Hall–Kier alpha value is -1.35. The molecule has 0 heterocycles. The molecule has 0 spiro atoms. The molecule has 1 fully saturated rings. The molecule has 0 aromatic heterocycles. The highest BCUT2D eigenvalue weighted by Crippen LogP contribution is 2.43. The van der Waals surface area contributed by atoms with Gasteiger partial charge in [0.25, 0.3) is 0 Å². The second-order valence-corrected chi connectivity index (χ2v) is 7.81. The second kappa shape index (κ2) is 6.82. The fourth-order valence-electron chi connectivity index (χ4n) is 3.56. The zero-order valence-electron chi connectivity index (χ0n) is 14.0. The molecule has 1 atom stereocenters. The van der Waals surface area contributed by atoms with Crippen molar-refractivity contribution in [1.82, 2.24) is 0 Å². The van der Waals surface area contributed by atoms with Crippen molar-refractivity contribution in [2.24, 2.45) is 17.1 Å². The zero-order chi connectivity index (χ0) is 16.3. The van der Waals surface area contributed by atoms with Crippen molar-refractivity contribution in [2.75, 3.05) is 0 Å². The zero-order valence-corrected chi connectivity index (χ0v) is 14.0. The summed E-state index contributed by atoms with van der Waals surface area (Å²) in [6.07, 6.45) is 5.53. The van der Waals surface area contributed by atoms with Gasteiger partial charge in [-0.1, -0.05) is 45.0 Å². The van der Waals surface area contributed by atoms with Crippen LogP contribution in [0.1, 0.15) is 63.5 Å². The van der Waals surface area contributed by atoms with Crippen LogP contribution in [0, 0.1) is 11.3 Å². The summed E-state index contributed by atoms with van der Waals surface area (Å²) in [7, 11) is 0. The number of rotatable bonds is 4. The summed E-state index contributed by atoms with van der Waals surface area (Å²) in [5.41, 5.74) is 8.40. The molecular formula is C19H29NO2. The SMILES string of the molecule is CC(C)(C)C1CCC(c2ccc(CC(N)C(=O)O)cc2)CC1. The summed E-state index contributed by atoms with van der Waals surface area (Å²) >= 11 is 0. The van der Waals surface area contributed by atoms with Crippen LogP contribution in [-0.4, -0.2) is 17.1 Å². The minimum Gasteiger partial charge on any atom is -0.480 e. The monoisotopic (exact) mass is 303 g/mol. The highest BCUT2D eigenvalue weighted by Gasteiger charge is 2.30. The molecule has 3 heteroatoms. The van der Waals surface area contributed by atoms with Crippen molar-refractivity contribution in [3.05, 3.63) is 35.4 Å². The van der Waals surface area contributed by atoms with E-state index in [-0.39, 0.29) is 0 Å². The van der Waals surface area contributed by atoms with E-state index in [0.29, 0.717) is 17.8 Å². The van der Waals surface area contributed by atoms with Crippen LogP contribution < -0.4 is 5.73 Å². The van der Waals surface area contributed by atoms with Gasteiger partial charge in [-0.05, 0) is 60.5 Å². The lowest BCUT2D eigenvalue weighted by Gasteiger charge is -2.37. The normalized spacial score (nSPS) is 24.0. The smallest absolute Gasteiger partial charge is 0.320 e. The van der Waals surface area contributed by atoms with Gasteiger partial charge in [0.05, 0.1) is 0 Å². The highest BCUT2D eigenvalue weighted by molar-refractivity contribution is 5.73. The largest absolute Gasteiger partial charge is 0.480 e. The molecule has 3 N–H and O–H groups in total. The Kier molecular flexibility index (Phi) is 5.28. The van der Waals surface area contributed by atoms with Gasteiger partial charge in [-0.15, -0.1) is 0 Å². The standard InChI is InChI=1S/C19H29NO2/c1-19(2,3)16-10-8-15(9-11-16)14-6-4-13(5-7-14)12-17(20)18(21)22/h4-7,15-17H,8-12,20H2,1-3H3,(H,21,22). The van der Waals surface area contributed by atoms with Crippen LogP contribution in [0.5, 0.6) is 0 Å². The van der Waals surface area contributed by atoms with E-state index in [1.807, 2.05) is 12.1 Å². The number of carboxylic acid groups (broad SMARTS) is 1. The van der Waals surface area contributed by atoms with Gasteiger partial charge in [-0.2, -0.15) is 0 Å². The lowest BCUT2D eigenvalue weighted by atomic mass is 9.68. The molecule has 1 aromatic rings. The topological polar surface area (TPSA) is 63.3 Å². The molecule has 2 rings (SSSR count). The number of aliphatic carboxylic acids is 1. The maximum Gasteiger partial charge on any atom is 0.320 e. The molecule has 0 saturated heterocycles. The van der Waals surface area contributed by atoms with Crippen molar-refractivity contribution in [1.29, 1.82) is 0 Å². The van der Waals surface area contributed by atoms with Gasteiger partial charge in [0.15, 0.2) is 0 Å². The van der Waals surface area contributed by atoms with Gasteiger partial charge in [-0.3, -0.25) is 4.79 Å². The van der Waals surface area contributed by atoms with Crippen LogP contribution in [0.25, 0.3) is 0 Å². The molecule has 0 radical (unpaired) electrons. The van der Waals surface area contributed by atoms with Crippen LogP contribution in [0.4, 0.5) is 0 Å². The molecular weight excluding hydrogens is 274 g/mol. The first kappa shape index (κ1) is 17.0. The molecule has 3 nitrogen and oxygen atoms in total. The summed E-state index contributed by atoms with van der Waals surface area (Å²) < 4.78 is 0. The number of hydrogen-bond acceptors (Lipinski definition) is 2. The van der Waals surface area contributed by atoms with E-state index < -0.39 is 12.0 Å². The molecule has 0 amide bonds. The van der Waals surface area contributed by atoms with Gasteiger partial charge in [0, 0.05) is 0 Å². The average Bonchev–Trinajstić information content (AvgIpc) is 2.47. The molecule has 1 aliphatic rings. The molecule has 0 aliphatic heterocycles. The quantitative estimate of drug-likeness (QED) is 0.885. The maximum absolute atomic E-state index is 10.8. The fourth-order valence-corrected chi connectivity index (χ4v) is 3.56. The van der Waals surface area contributed by atoms with Crippen LogP contribution >= 0.6 is 0 Å². The van der Waals surface area contributed by atoms with Gasteiger partial charge in [0.1, 0.15) is 6.04 Å². The first-order chi connectivity index (χ1) is 10.3. The Bertz CT molecular complexity index is 493. The Balaban J connectivity index is 1.93. The Morgan fingerprint density at radius 3 is 2.18 bits per heavy atom. The number of carbonyl (C=O) groups is 1. The third-order valence-electron chi connectivity index (χ3n) is 5.18. The second-order valence-electron chi connectivity index (χ2n) is 7.81. The van der Waals surface area contributed by atoms with Gasteiger partial charge in [0.2, 0.25) is 0 Å². The average molecular weight is 303 g/mol. The molecule has 1 aromatic carbocycles. The van der Waals surface area contributed by atoms with Crippen molar-refractivity contribution in [3.8, 4) is 0 Å². The fraction of sp³-hybridized carbons (Fsp3) is 0.632. The van der Waals surface area contributed by atoms with Gasteiger partial charge >= 0.3 is 5.97 Å². The molecule has 1 unspecified atom stereocenters. The summed E-state index contributed by atoms with van der Waals surface area (Å²) in [5, 5.41) is 8.87. The van der Waals surface area contributed by atoms with E-state index in [1.165, 1.54) is 31.2 Å². The summed E-state index contributed by atoms with van der Waals surface area (Å²) in [6, 6.07) is 7.58. The third-order valence-corrected chi connectivity index (χ3v) is 5.18. The van der Waals surface area contributed by atoms with Gasteiger partial charge < -0.3 is 10.8 Å². The molecule has 0 bridgehead atoms. The first-order valence-corrected chi connectivity index (χ1v) is 8.34. The summed E-state index contributed by atoms with van der Waals surface area (Å²) in [5.74, 6) is 0.543. The van der Waals surface area contributed by atoms with Crippen LogP contribution in [0.15, 0.2) is 24.3 Å². The van der Waals surface area contributed by atoms with Crippen molar-refractivity contribution >= 4 is 5.97 Å². The first-order valence-electron chi connectivity index (χ1n) is 8.34. The predicted octanol–water partition coefficient (Wildman–Crippen LogP) is 3.96. The van der Waals surface area contributed by atoms with Gasteiger partial charge in [-0.25, -0.2) is 0 Å². The van der Waals surface area contributed by atoms with Crippen molar-refractivity contribution in [3.63, 3.8) is 0 Å². The molecule has 22 heavy (non-hydrogen) atoms. The summed E-state index contributed by atoms with van der Waals surface area (Å²) in [6.45, 7) is 7.04. The Labute approximate surface area is 133 Å². The number of carboxylic acids is 1. The Morgan fingerprint density at radius 2 is 1.73 bits per heavy atom. The lowest BCUT2D eigenvalue weighted by molar-refractivity contribution is -0.138. The maximum atomic E-state index is 10.8. The van der Waals surface area contributed by atoms with Crippen molar-refractivity contribution < 1.29 is 9.90 Å². The molecule has 122 valence electrons. The van der Waals surface area contributed by atoms with Crippen LogP contribution in [0.2, 0.25) is 0 Å². The summed E-state index contributed by atoms with van der Waals surface area (Å²) in [4.78, 5) is 10.8. The van der Waals surface area contributed by atoms with E-state index >= 15 is 0 Å². The van der Waals surface area contributed by atoms with E-state index in [2.05, 4.69) is 32.9 Å². The number of nitrogens with two attached hydrogens (primary N) is 1. The highest BCUT2D eigenvalue weighted by atomic mass is 16.4. The van der Waals surface area contributed by atoms with E-state index in [4.69, 9.17) is 10.8 Å². The third kappa shape index (κ3) is 4.33. The molecule has 1 aliphatic carbocycles. The van der Waals surface area contributed by atoms with Crippen LogP contribution in [0.3, 0.4) is 0 Å². The number of benzene rings is 1. The van der Waals surface area contributed by atoms with Crippen LogP contribution in [-0.2, 0) is 11.2 Å². The van der Waals surface area contributed by atoms with E-state index in [1.54, 1.807) is 0 Å². The Morgan fingerprint density at radius 1 is 1.18 bits per heavy atom. The van der Waals surface area contributed by atoms with E-state index in [9.17, 15) is 4.79 Å². The number of hydrogen-bond donors (Lipinski definition) is 2. The predicted molar refractivity (Wildman–Crippen MR) is 89.9 cm³/mol.